The molecule has 0 aliphatic rings. The molecule has 0 atom stereocenters. The number of carbonyl (C=O) groups is 1. The van der Waals surface area contributed by atoms with Crippen LogP contribution in [0, 0.1) is 2.88 Å². The van der Waals surface area contributed by atoms with E-state index >= 15 is 0 Å². The highest BCUT2D eigenvalue weighted by Crippen LogP contribution is 2.33. The van der Waals surface area contributed by atoms with E-state index in [2.05, 4.69) is 48.6 Å². The second-order valence-electron chi connectivity index (χ2n) is 3.78. The number of carbonyl (C=O) groups excluding carboxylic acids is 1. The monoisotopic (exact) mass is 491 g/mol. The third-order valence-corrected chi connectivity index (χ3v) is 4.53. The van der Waals surface area contributed by atoms with Gasteiger partial charge >= 0.3 is 6.36 Å². The first kappa shape index (κ1) is 16.6. The molecule has 112 valence electrons. The number of ether oxygens (including phenoxy) is 1. The van der Waals surface area contributed by atoms with Crippen molar-refractivity contribution in [3.63, 3.8) is 0 Å². The third-order valence-electron chi connectivity index (χ3n) is 2.25. The lowest BCUT2D eigenvalue weighted by Gasteiger charge is -2.14. The van der Waals surface area contributed by atoms with Crippen molar-refractivity contribution >= 4 is 61.5 Å². The highest BCUT2D eigenvalue weighted by Gasteiger charge is 2.32. The number of anilines is 1. The minimum atomic E-state index is -4.84. The van der Waals surface area contributed by atoms with E-state index in [0.717, 1.165) is 8.95 Å². The van der Waals surface area contributed by atoms with Crippen LogP contribution in [-0.2, 0) is 0 Å². The molecule has 0 saturated heterocycles. The first-order valence-corrected chi connectivity index (χ1v) is 8.10. The van der Waals surface area contributed by atoms with Crippen molar-refractivity contribution in [1.82, 2.24) is 0 Å². The topological polar surface area (TPSA) is 38.3 Å². The molecule has 21 heavy (non-hydrogen) atoms. The van der Waals surface area contributed by atoms with Crippen molar-refractivity contribution in [3.05, 3.63) is 42.6 Å². The Hall–Kier alpha value is -0.810. The van der Waals surface area contributed by atoms with Gasteiger partial charge < -0.3 is 10.1 Å². The predicted octanol–water partition coefficient (Wildman–Crippen LogP) is 5.27. The van der Waals surface area contributed by atoms with Gasteiger partial charge in [0.1, 0.15) is 0 Å². The number of hydrogen-bond acceptors (Lipinski definition) is 3. The molecule has 0 fully saturated rings. The summed E-state index contributed by atoms with van der Waals surface area (Å²) in [6.07, 6.45) is -4.84. The van der Waals surface area contributed by atoms with Gasteiger partial charge in [0.25, 0.3) is 5.91 Å². The summed E-state index contributed by atoms with van der Waals surface area (Å²) in [7, 11) is 0. The van der Waals surface area contributed by atoms with Crippen molar-refractivity contribution in [2.75, 3.05) is 5.32 Å². The predicted molar refractivity (Wildman–Crippen MR) is 85.8 cm³/mol. The smallest absolute Gasteiger partial charge is 0.404 e. The zero-order valence-electron chi connectivity index (χ0n) is 10.0. The summed E-state index contributed by atoms with van der Waals surface area (Å²) in [5.41, 5.74) is 0.326. The zero-order valence-corrected chi connectivity index (χ0v) is 14.6. The average Bonchev–Trinajstić information content (AvgIpc) is 2.77. The molecule has 0 spiro atoms. The molecule has 0 aliphatic heterocycles. The van der Waals surface area contributed by atoms with Crippen LogP contribution in [0.5, 0.6) is 5.75 Å². The standard InChI is InChI=1S/C12H6BrF3INO2S/c13-7-1-2-8(9(4-7)20-12(14,15)16)18-11(19)6-3-10(17)21-5-6/h1-5H,(H,18,19). The number of nitrogens with one attached hydrogen (secondary N) is 1. The molecule has 2 aromatic rings. The van der Waals surface area contributed by atoms with E-state index in [1.165, 1.54) is 23.5 Å². The maximum absolute atomic E-state index is 12.4. The summed E-state index contributed by atoms with van der Waals surface area (Å²) in [6.45, 7) is 0. The number of amides is 1. The molecule has 0 bridgehead atoms. The van der Waals surface area contributed by atoms with Crippen LogP contribution in [0.3, 0.4) is 0 Å². The van der Waals surface area contributed by atoms with Crippen LogP contribution < -0.4 is 10.1 Å². The van der Waals surface area contributed by atoms with Crippen molar-refractivity contribution in [2.45, 2.75) is 6.36 Å². The first-order chi connectivity index (χ1) is 9.74. The Labute approximate surface area is 143 Å². The Bertz CT molecular complexity index is 675. The van der Waals surface area contributed by atoms with E-state index in [0.29, 0.717) is 10.0 Å². The average molecular weight is 492 g/mol. The number of halogens is 5. The summed E-state index contributed by atoms with van der Waals surface area (Å²) in [5.74, 6) is -0.973. The maximum atomic E-state index is 12.4. The van der Waals surface area contributed by atoms with Crippen LogP contribution >= 0.6 is 49.9 Å². The van der Waals surface area contributed by atoms with Crippen molar-refractivity contribution in [2.24, 2.45) is 0 Å². The van der Waals surface area contributed by atoms with Gasteiger partial charge in [-0.05, 0) is 46.9 Å². The zero-order chi connectivity index (χ0) is 15.6. The van der Waals surface area contributed by atoms with Gasteiger partial charge in [-0.2, -0.15) is 0 Å². The fourth-order valence-corrected chi connectivity index (χ4v) is 3.10. The van der Waals surface area contributed by atoms with Crippen LogP contribution in [0.15, 0.2) is 34.1 Å². The van der Waals surface area contributed by atoms with Crippen LogP contribution in [-0.4, -0.2) is 12.3 Å². The van der Waals surface area contributed by atoms with E-state index < -0.39 is 18.0 Å². The molecule has 3 nitrogen and oxygen atoms in total. The fourth-order valence-electron chi connectivity index (χ4n) is 1.43. The number of thiophene rings is 1. The minimum Gasteiger partial charge on any atom is -0.404 e. The molecule has 0 aliphatic carbocycles. The first-order valence-electron chi connectivity index (χ1n) is 5.35. The van der Waals surface area contributed by atoms with Crippen molar-refractivity contribution in [3.8, 4) is 5.75 Å². The fraction of sp³-hybridized carbons (Fsp3) is 0.0833. The summed E-state index contributed by atoms with van der Waals surface area (Å²) < 4.78 is 42.3. The summed E-state index contributed by atoms with van der Waals surface area (Å²) >= 11 is 6.48. The summed E-state index contributed by atoms with van der Waals surface area (Å²) in [6, 6.07) is 5.63. The Morgan fingerprint density at radius 1 is 1.33 bits per heavy atom. The lowest BCUT2D eigenvalue weighted by Crippen LogP contribution is -2.19. The third kappa shape index (κ3) is 4.85. The Morgan fingerprint density at radius 2 is 2.05 bits per heavy atom. The van der Waals surface area contributed by atoms with Gasteiger partial charge in [-0.25, -0.2) is 0 Å². The van der Waals surface area contributed by atoms with E-state index in [-0.39, 0.29) is 5.69 Å². The lowest BCUT2D eigenvalue weighted by molar-refractivity contribution is -0.274. The van der Waals surface area contributed by atoms with Crippen LogP contribution in [0.25, 0.3) is 0 Å². The second kappa shape index (κ2) is 6.53. The normalized spacial score (nSPS) is 11.3. The van der Waals surface area contributed by atoms with E-state index in [1.807, 2.05) is 0 Å². The number of rotatable bonds is 3. The van der Waals surface area contributed by atoms with Crippen LogP contribution in [0.4, 0.5) is 18.9 Å². The minimum absolute atomic E-state index is 0.0540. The molecule has 1 N–H and O–H groups in total. The van der Waals surface area contributed by atoms with Crippen molar-refractivity contribution < 1.29 is 22.7 Å². The molecule has 9 heteroatoms. The van der Waals surface area contributed by atoms with Crippen molar-refractivity contribution in [1.29, 1.82) is 0 Å². The molecular formula is C12H6BrF3INO2S. The van der Waals surface area contributed by atoms with Gasteiger partial charge in [0.15, 0.2) is 5.75 Å². The molecule has 0 unspecified atom stereocenters. The molecule has 1 amide bonds. The van der Waals surface area contributed by atoms with Gasteiger partial charge in [-0.1, -0.05) is 15.9 Å². The molecule has 0 radical (unpaired) electrons. The van der Waals surface area contributed by atoms with E-state index in [1.54, 1.807) is 11.4 Å². The number of hydrogen-bond donors (Lipinski definition) is 1. The van der Waals surface area contributed by atoms with Gasteiger partial charge in [0.05, 0.1) is 14.1 Å². The molecule has 1 heterocycles. The Morgan fingerprint density at radius 3 is 2.62 bits per heavy atom. The van der Waals surface area contributed by atoms with Gasteiger partial charge in [0, 0.05) is 9.85 Å². The quantitative estimate of drug-likeness (QED) is 0.594. The highest BCUT2D eigenvalue weighted by atomic mass is 127. The van der Waals surface area contributed by atoms with Crippen LogP contribution in [0.2, 0.25) is 0 Å². The molecule has 2 rings (SSSR count). The second-order valence-corrected chi connectivity index (χ2v) is 7.50. The summed E-state index contributed by atoms with van der Waals surface area (Å²) in [5, 5.41) is 4.03. The van der Waals surface area contributed by atoms with Gasteiger partial charge in [0.2, 0.25) is 0 Å². The molecule has 1 aromatic carbocycles. The number of benzene rings is 1. The van der Waals surface area contributed by atoms with E-state index in [4.69, 9.17) is 0 Å². The van der Waals surface area contributed by atoms with Crippen LogP contribution in [0.1, 0.15) is 10.4 Å². The lowest BCUT2D eigenvalue weighted by atomic mass is 10.2. The van der Waals surface area contributed by atoms with Gasteiger partial charge in [-0.3, -0.25) is 4.79 Å². The Kier molecular flexibility index (Phi) is 5.15. The van der Waals surface area contributed by atoms with E-state index in [9.17, 15) is 18.0 Å². The SMILES string of the molecule is O=C(Nc1ccc(Br)cc1OC(F)(F)F)c1csc(I)c1. The Balaban J connectivity index is 2.25. The number of alkyl halides is 3. The molecule has 1 aromatic heterocycles. The largest absolute Gasteiger partial charge is 0.573 e. The molecular weight excluding hydrogens is 486 g/mol. The molecule has 0 saturated carbocycles. The summed E-state index contributed by atoms with van der Waals surface area (Å²) in [4.78, 5) is 12.0. The highest BCUT2D eigenvalue weighted by molar-refractivity contribution is 14.1. The maximum Gasteiger partial charge on any atom is 0.573 e. The van der Waals surface area contributed by atoms with Gasteiger partial charge in [-0.15, -0.1) is 24.5 Å².